The van der Waals surface area contributed by atoms with E-state index in [2.05, 4.69) is 26.6 Å². The highest BCUT2D eigenvalue weighted by Crippen LogP contribution is 2.29. The summed E-state index contributed by atoms with van der Waals surface area (Å²) >= 11 is 0. The largest absolute Gasteiger partial charge is 0.378 e. The minimum Gasteiger partial charge on any atom is -0.378 e. The predicted octanol–water partition coefficient (Wildman–Crippen LogP) is 3.81. The topological polar surface area (TPSA) is 79.9 Å². The smallest absolute Gasteiger partial charge is 0.165 e. The van der Waals surface area contributed by atoms with Crippen LogP contribution in [-0.2, 0) is 4.74 Å². The highest BCUT2D eigenvalue weighted by Gasteiger charge is 2.18. The molecular formula is C24H22N6O. The van der Waals surface area contributed by atoms with E-state index in [0.29, 0.717) is 18.8 Å². The molecule has 1 fully saturated rings. The minimum absolute atomic E-state index is 0.661. The summed E-state index contributed by atoms with van der Waals surface area (Å²) in [5, 5.41) is 9.64. The Kier molecular flexibility index (Phi) is 4.85. The molecule has 0 bridgehead atoms. The van der Waals surface area contributed by atoms with Gasteiger partial charge in [-0.25, -0.2) is 9.97 Å². The van der Waals surface area contributed by atoms with Crippen LogP contribution < -0.4 is 4.90 Å². The van der Waals surface area contributed by atoms with Gasteiger partial charge < -0.3 is 9.64 Å². The molecule has 1 aliphatic heterocycles. The van der Waals surface area contributed by atoms with E-state index in [0.717, 1.165) is 58.4 Å². The van der Waals surface area contributed by atoms with E-state index >= 15 is 0 Å². The average Bonchev–Trinajstić information content (AvgIpc) is 3.14. The summed E-state index contributed by atoms with van der Waals surface area (Å²) in [6.45, 7) is 6.82. The van der Waals surface area contributed by atoms with Crippen molar-refractivity contribution in [2.75, 3.05) is 31.2 Å². The number of nitrogens with zero attached hydrogens (tertiary/aromatic N) is 6. The van der Waals surface area contributed by atoms with Gasteiger partial charge in [0.15, 0.2) is 5.65 Å². The van der Waals surface area contributed by atoms with Crippen molar-refractivity contribution in [1.29, 1.82) is 5.26 Å². The number of aryl methyl sites for hydroxylation is 2. The Labute approximate surface area is 180 Å². The lowest BCUT2D eigenvalue weighted by molar-refractivity contribution is 0.122. The lowest BCUT2D eigenvalue weighted by atomic mass is 10.1. The molecule has 0 amide bonds. The van der Waals surface area contributed by atoms with Crippen LogP contribution in [0, 0.1) is 25.2 Å². The predicted molar refractivity (Wildman–Crippen MR) is 119 cm³/mol. The van der Waals surface area contributed by atoms with Crippen LogP contribution in [0.2, 0.25) is 0 Å². The van der Waals surface area contributed by atoms with Crippen LogP contribution in [-0.4, -0.2) is 45.8 Å². The molecule has 0 saturated carbocycles. The third-order valence-corrected chi connectivity index (χ3v) is 5.58. The fourth-order valence-corrected chi connectivity index (χ4v) is 4.06. The van der Waals surface area contributed by atoms with Gasteiger partial charge in [0, 0.05) is 30.5 Å². The zero-order valence-corrected chi connectivity index (χ0v) is 17.5. The fraction of sp³-hybridized carbons (Fsp3) is 0.250. The van der Waals surface area contributed by atoms with Crippen molar-refractivity contribution in [3.05, 3.63) is 65.7 Å². The summed E-state index contributed by atoms with van der Waals surface area (Å²) in [7, 11) is 0. The van der Waals surface area contributed by atoms with Crippen LogP contribution in [0.1, 0.15) is 17.1 Å². The number of fused-ring (bicyclic) bond motifs is 1. The van der Waals surface area contributed by atoms with Crippen molar-refractivity contribution in [2.45, 2.75) is 13.8 Å². The van der Waals surface area contributed by atoms with Gasteiger partial charge in [-0.15, -0.1) is 0 Å². The molecule has 0 aliphatic carbocycles. The molecule has 1 saturated heterocycles. The van der Waals surface area contributed by atoms with E-state index in [1.54, 1.807) is 6.20 Å². The maximum atomic E-state index is 9.64. The first-order chi connectivity index (χ1) is 15.1. The number of hydrogen-bond donors (Lipinski definition) is 0. The summed E-state index contributed by atoms with van der Waals surface area (Å²) in [5.41, 5.74) is 7.00. The minimum atomic E-state index is 0.661. The van der Waals surface area contributed by atoms with Gasteiger partial charge in [-0.2, -0.15) is 5.26 Å². The number of morpholine rings is 1. The average molecular weight is 410 g/mol. The zero-order valence-electron chi connectivity index (χ0n) is 17.5. The molecule has 7 heteroatoms. The Morgan fingerprint density at radius 1 is 1.00 bits per heavy atom. The molecule has 4 aromatic rings. The molecule has 4 heterocycles. The molecule has 0 N–H and O–H groups in total. The second-order valence-electron chi connectivity index (χ2n) is 7.63. The number of benzene rings is 1. The number of rotatable bonds is 3. The van der Waals surface area contributed by atoms with Gasteiger partial charge in [0.2, 0.25) is 0 Å². The van der Waals surface area contributed by atoms with E-state index < -0.39 is 0 Å². The lowest BCUT2D eigenvalue weighted by Gasteiger charge is -2.30. The standard InChI is InChI=1S/C24H22N6O/c1-16-13-18(7-8-26-16)21-5-6-22-24(28-21)30(17(2)27-22)20-4-3-19(15-25)23(14-20)29-9-11-31-12-10-29/h3-8,13-14H,9-12H2,1-2H3. The zero-order chi connectivity index (χ0) is 21.4. The molecule has 0 spiro atoms. The highest BCUT2D eigenvalue weighted by molar-refractivity contribution is 5.79. The van der Waals surface area contributed by atoms with Crippen LogP contribution >= 0.6 is 0 Å². The van der Waals surface area contributed by atoms with Gasteiger partial charge in [0.05, 0.1) is 35.8 Å². The summed E-state index contributed by atoms with van der Waals surface area (Å²) in [6, 6.07) is 16.2. The van der Waals surface area contributed by atoms with E-state index in [1.807, 2.05) is 50.2 Å². The molecule has 0 unspecified atom stereocenters. The number of anilines is 1. The number of nitriles is 1. The van der Waals surface area contributed by atoms with Crippen molar-refractivity contribution >= 4 is 16.9 Å². The molecule has 5 rings (SSSR count). The Balaban J connectivity index is 1.65. The van der Waals surface area contributed by atoms with Gasteiger partial charge in [0.25, 0.3) is 0 Å². The Morgan fingerprint density at radius 3 is 2.61 bits per heavy atom. The number of hydrogen-bond acceptors (Lipinski definition) is 6. The normalized spacial score (nSPS) is 14.0. The monoisotopic (exact) mass is 410 g/mol. The van der Waals surface area contributed by atoms with Crippen LogP contribution in [0.25, 0.3) is 28.1 Å². The van der Waals surface area contributed by atoms with Crippen molar-refractivity contribution < 1.29 is 4.74 Å². The molecule has 3 aromatic heterocycles. The second kappa shape index (κ2) is 7.82. The Morgan fingerprint density at radius 2 is 1.84 bits per heavy atom. The van der Waals surface area contributed by atoms with Crippen LogP contribution in [0.15, 0.2) is 48.7 Å². The maximum Gasteiger partial charge on any atom is 0.165 e. The SMILES string of the molecule is Cc1cc(-c2ccc3nc(C)n(-c4ccc(C#N)c(N5CCOCC5)c4)c3n2)ccn1. The van der Waals surface area contributed by atoms with E-state index in [1.165, 1.54) is 0 Å². The summed E-state index contributed by atoms with van der Waals surface area (Å²) < 4.78 is 7.54. The van der Waals surface area contributed by atoms with Crippen LogP contribution in [0.3, 0.4) is 0 Å². The van der Waals surface area contributed by atoms with Crippen molar-refractivity contribution in [1.82, 2.24) is 19.5 Å². The molecule has 0 atom stereocenters. The Hall–Kier alpha value is -3.76. The molecule has 7 nitrogen and oxygen atoms in total. The number of ether oxygens (including phenoxy) is 1. The van der Waals surface area contributed by atoms with Gasteiger partial charge in [-0.1, -0.05) is 0 Å². The van der Waals surface area contributed by atoms with Gasteiger partial charge in [-0.05, 0) is 56.3 Å². The molecule has 1 aliphatic rings. The highest BCUT2D eigenvalue weighted by atomic mass is 16.5. The van der Waals surface area contributed by atoms with Crippen molar-refractivity contribution in [2.24, 2.45) is 0 Å². The first-order valence-electron chi connectivity index (χ1n) is 10.3. The third-order valence-electron chi connectivity index (χ3n) is 5.58. The Bertz CT molecular complexity index is 1310. The maximum absolute atomic E-state index is 9.64. The second-order valence-corrected chi connectivity index (χ2v) is 7.63. The molecule has 154 valence electrons. The van der Waals surface area contributed by atoms with E-state index in [4.69, 9.17) is 14.7 Å². The first-order valence-corrected chi connectivity index (χ1v) is 10.3. The van der Waals surface area contributed by atoms with Gasteiger partial charge >= 0.3 is 0 Å². The van der Waals surface area contributed by atoms with Crippen molar-refractivity contribution in [3.63, 3.8) is 0 Å². The fourth-order valence-electron chi connectivity index (χ4n) is 4.06. The van der Waals surface area contributed by atoms with Gasteiger partial charge in [-0.3, -0.25) is 9.55 Å². The summed E-state index contributed by atoms with van der Waals surface area (Å²) in [5.74, 6) is 0.850. The number of pyridine rings is 2. The molecular weight excluding hydrogens is 388 g/mol. The third kappa shape index (κ3) is 3.51. The lowest BCUT2D eigenvalue weighted by Crippen LogP contribution is -2.36. The molecule has 0 radical (unpaired) electrons. The van der Waals surface area contributed by atoms with E-state index in [9.17, 15) is 5.26 Å². The molecule has 1 aromatic carbocycles. The summed E-state index contributed by atoms with van der Waals surface area (Å²) in [4.78, 5) is 16.1. The number of aromatic nitrogens is 4. The quantitative estimate of drug-likeness (QED) is 0.511. The number of imidazole rings is 1. The van der Waals surface area contributed by atoms with E-state index in [-0.39, 0.29) is 0 Å². The summed E-state index contributed by atoms with van der Waals surface area (Å²) in [6.07, 6.45) is 1.80. The van der Waals surface area contributed by atoms with Crippen LogP contribution in [0.5, 0.6) is 0 Å². The van der Waals surface area contributed by atoms with Crippen LogP contribution in [0.4, 0.5) is 5.69 Å². The van der Waals surface area contributed by atoms with Gasteiger partial charge in [0.1, 0.15) is 17.4 Å². The first kappa shape index (κ1) is 19.2. The molecule has 31 heavy (non-hydrogen) atoms. The van der Waals surface area contributed by atoms with Crippen molar-refractivity contribution in [3.8, 4) is 23.0 Å².